The molecule has 82 heavy (non-hydrogen) atoms. The number of nitrogens with zero attached hydrogens (tertiary/aromatic N) is 11. The van der Waals surface area contributed by atoms with Crippen molar-refractivity contribution in [3.05, 3.63) is 119 Å². The molecule has 4 aliphatic rings. The van der Waals surface area contributed by atoms with E-state index < -0.39 is 64.2 Å². The second-order valence-electron chi connectivity index (χ2n) is 22.0. The predicted molar refractivity (Wildman–Crippen MR) is 302 cm³/mol. The highest BCUT2D eigenvalue weighted by atomic mass is 32.2. The molecule has 0 aliphatic carbocycles. The van der Waals surface area contributed by atoms with E-state index in [1.807, 2.05) is 63.5 Å². The molecule has 0 saturated carbocycles. The number of aliphatic hydroxyl groups excluding tert-OH is 1. The Bertz CT molecular complexity index is 3480. The normalized spacial score (nSPS) is 20.5. The van der Waals surface area contributed by atoms with Crippen LogP contribution in [0.4, 0.5) is 30.6 Å². The molecule has 3 N–H and O–H groups in total. The maximum absolute atomic E-state index is 16.1. The fourth-order valence-corrected chi connectivity index (χ4v) is 13.2. The lowest BCUT2D eigenvalue weighted by Crippen LogP contribution is -2.49. The number of amides is 2. The summed E-state index contributed by atoms with van der Waals surface area (Å²) in [6, 6.07) is 12.0. The highest BCUT2D eigenvalue weighted by Crippen LogP contribution is 2.36. The smallest absolute Gasteiger partial charge is 0.243 e. The highest BCUT2D eigenvalue weighted by Gasteiger charge is 2.44. The van der Waals surface area contributed by atoms with E-state index in [-0.39, 0.29) is 72.8 Å². The van der Waals surface area contributed by atoms with E-state index >= 15 is 8.78 Å². The van der Waals surface area contributed by atoms with Crippen LogP contribution in [0.5, 0.6) is 0 Å². The van der Waals surface area contributed by atoms with Crippen LogP contribution in [-0.2, 0) is 20.9 Å². The Morgan fingerprint density at radius 3 is 2.30 bits per heavy atom. The summed E-state index contributed by atoms with van der Waals surface area (Å²) in [5.74, 6) is -3.02. The van der Waals surface area contributed by atoms with Crippen molar-refractivity contribution in [2.75, 3.05) is 79.7 Å². The Kier molecular flexibility index (Phi) is 16.6. The Morgan fingerprint density at radius 1 is 0.902 bits per heavy atom. The summed E-state index contributed by atoms with van der Waals surface area (Å²) >= 11 is -1.51. The van der Waals surface area contributed by atoms with E-state index in [0.29, 0.717) is 39.0 Å². The number of nitrogens with one attached hydrogen (secondary N) is 2. The maximum Gasteiger partial charge on any atom is 0.243 e. The van der Waals surface area contributed by atoms with E-state index in [2.05, 4.69) is 50.1 Å². The summed E-state index contributed by atoms with van der Waals surface area (Å²) in [5.41, 5.74) is 4.51. The van der Waals surface area contributed by atoms with Gasteiger partial charge in [0.2, 0.25) is 23.5 Å². The topological polar surface area (TPSA) is 236 Å². The summed E-state index contributed by atoms with van der Waals surface area (Å²) in [6.07, 6.45) is 6.05. The average molecular weight is 1160 g/mol. The molecular formula is C57H63F3N13O7S2-. The third-order valence-corrected chi connectivity index (χ3v) is 18.0. The van der Waals surface area contributed by atoms with E-state index in [1.54, 1.807) is 36.0 Å². The Labute approximate surface area is 478 Å². The minimum absolute atomic E-state index is 0.0204. The number of aromatic amines is 1. The predicted octanol–water partition coefficient (Wildman–Crippen LogP) is 7.13. The van der Waals surface area contributed by atoms with Crippen molar-refractivity contribution in [1.82, 2.24) is 50.2 Å². The number of rotatable bonds is 17. The molecule has 11 rings (SSSR count). The number of anilines is 3. The molecule has 4 saturated heterocycles. The van der Waals surface area contributed by atoms with Gasteiger partial charge in [-0.1, -0.05) is 43.3 Å². The summed E-state index contributed by atoms with van der Waals surface area (Å²) < 4.78 is 76.3. The van der Waals surface area contributed by atoms with Crippen LogP contribution in [0.3, 0.4) is 0 Å². The van der Waals surface area contributed by atoms with E-state index in [4.69, 9.17) is 4.52 Å². The van der Waals surface area contributed by atoms with Crippen molar-refractivity contribution in [3.8, 4) is 21.6 Å². The lowest BCUT2D eigenvalue weighted by Gasteiger charge is -2.38. The molecule has 0 spiro atoms. The second kappa shape index (κ2) is 24.0. The zero-order valence-corrected chi connectivity index (χ0v) is 47.3. The molecule has 0 radical (unpaired) electrons. The van der Waals surface area contributed by atoms with Gasteiger partial charge in [0.05, 0.1) is 51.6 Å². The number of piperazine rings is 1. The van der Waals surface area contributed by atoms with Crippen molar-refractivity contribution >= 4 is 68.7 Å². The van der Waals surface area contributed by atoms with Gasteiger partial charge in [-0.2, -0.15) is 0 Å². The van der Waals surface area contributed by atoms with Crippen molar-refractivity contribution in [2.24, 2.45) is 11.8 Å². The quantitative estimate of drug-likeness (QED) is 0.0608. The SMILES string of the molecule is Cc1ncsc1-c1ccc([C@H](C)NC(=O)[C@@H]2C[C@@H](O)CN2C(=O)[C@@H](c2cc(N3CCN(CC4CCN(c5ncc(-c6cnc7[nH]cc(C(=O)c8c(F)ccc(N(N9CC[C@@H](F)C9)S(=O)[O-])c8F)c7c6)cn5)CC4)CC3)no2)C(C)C)cc1. The number of fused-ring (bicyclic) bond motifs is 1. The number of pyridine rings is 1. The molecule has 1 unspecified atom stereocenters. The number of hydrogen-bond donors (Lipinski definition) is 3. The largest absolute Gasteiger partial charge is 0.754 e. The molecule has 6 atom stereocenters. The number of piperidine rings is 1. The first-order valence-corrected chi connectivity index (χ1v) is 29.5. The summed E-state index contributed by atoms with van der Waals surface area (Å²) in [6.45, 7) is 13.0. The number of carbonyl (C=O) groups is 3. The van der Waals surface area contributed by atoms with Crippen molar-refractivity contribution in [2.45, 2.75) is 83.7 Å². The molecule has 9 heterocycles. The number of likely N-dealkylation sites (tertiary alicyclic amines) is 1. The van der Waals surface area contributed by atoms with Crippen LogP contribution in [-0.4, -0.2) is 160 Å². The number of benzene rings is 2. The lowest BCUT2D eigenvalue weighted by molar-refractivity contribution is -0.141. The number of thiazole rings is 1. The standard InChI is InChI=1S/C57H64F3N13O7S2/c1-32(2)49(56(77)72-30-41(74)22-46(72)55(76)66-33(3)36-5-7-37(8-6-36)53-34(4)65-31-81-53)47-23-48(67-80-47)69-19-17-68(18-20-69)28-35-11-14-70(15-12-35)57-63-25-39(26-64-57)38-21-42-43(27-62-54(42)61-24-38)52(75)50-44(59)9-10-45(51(50)60)73(82(78)79)71-16-13-40(58)29-71/h5-10,21,23-27,31-33,35,40-41,46,49,74H,11-20,22,28-30H2,1-4H3,(H,61,62)(H,66,76)(H,78,79)/p-1/t33-,40+,41+,46-,49+/m0/s1. The van der Waals surface area contributed by atoms with Gasteiger partial charge in [0, 0.05) is 118 Å². The van der Waals surface area contributed by atoms with Gasteiger partial charge < -0.3 is 39.2 Å². The zero-order valence-electron chi connectivity index (χ0n) is 45.7. The van der Waals surface area contributed by atoms with Crippen molar-refractivity contribution in [3.63, 3.8) is 0 Å². The molecule has 432 valence electrons. The first-order chi connectivity index (χ1) is 39.5. The number of aliphatic hydroxyl groups is 1. The number of alkyl halides is 1. The van der Waals surface area contributed by atoms with Gasteiger partial charge in [-0.3, -0.25) is 23.5 Å². The first kappa shape index (κ1) is 56.7. The molecule has 25 heteroatoms. The molecule has 2 aromatic carbocycles. The summed E-state index contributed by atoms with van der Waals surface area (Å²) in [4.78, 5) is 72.5. The van der Waals surface area contributed by atoms with Gasteiger partial charge in [-0.25, -0.2) is 42.5 Å². The minimum Gasteiger partial charge on any atom is -0.754 e. The van der Waals surface area contributed by atoms with Gasteiger partial charge in [0.25, 0.3) is 0 Å². The van der Waals surface area contributed by atoms with Crippen molar-refractivity contribution in [1.29, 1.82) is 0 Å². The van der Waals surface area contributed by atoms with E-state index in [9.17, 15) is 32.6 Å². The number of carbonyl (C=O) groups excluding carboxylic acids is 3. The number of H-pyrrole nitrogens is 1. The van der Waals surface area contributed by atoms with Crippen molar-refractivity contribution < 1.29 is 45.9 Å². The number of aryl methyl sites for hydroxylation is 1. The van der Waals surface area contributed by atoms with Crippen LogP contribution in [0, 0.1) is 30.4 Å². The summed E-state index contributed by atoms with van der Waals surface area (Å²) in [7, 11) is 0. The number of halogens is 3. The minimum atomic E-state index is -3.09. The molecule has 20 nitrogen and oxygen atoms in total. The Hall–Kier alpha value is -7.16. The van der Waals surface area contributed by atoms with Crippen LogP contribution in [0.2, 0.25) is 0 Å². The Morgan fingerprint density at radius 2 is 1.63 bits per heavy atom. The zero-order chi connectivity index (χ0) is 57.5. The average Bonchev–Trinajstić information content (AvgIpc) is 4.46. The third-order valence-electron chi connectivity index (χ3n) is 16.3. The molecule has 2 amide bonds. The fraction of sp³-hybridized carbons (Fsp3) is 0.439. The van der Waals surface area contributed by atoms with Crippen LogP contribution in [0.15, 0.2) is 83.4 Å². The molecule has 5 aromatic heterocycles. The fourth-order valence-electron chi connectivity index (χ4n) is 11.7. The molecule has 0 bridgehead atoms. The molecular weight excluding hydrogens is 1100 g/mol. The third kappa shape index (κ3) is 11.6. The van der Waals surface area contributed by atoms with Gasteiger partial charge in [-0.05, 0) is 74.3 Å². The summed E-state index contributed by atoms with van der Waals surface area (Å²) in [5, 5.41) is 19.7. The first-order valence-electron chi connectivity index (χ1n) is 27.6. The maximum atomic E-state index is 16.1. The number of hydrogen-bond acceptors (Lipinski definition) is 17. The number of aromatic nitrogens is 6. The van der Waals surface area contributed by atoms with Crippen LogP contribution < -0.4 is 19.5 Å². The molecule has 4 aliphatic heterocycles. The monoisotopic (exact) mass is 1160 g/mol. The van der Waals surface area contributed by atoms with Crippen LogP contribution in [0.25, 0.3) is 32.6 Å². The van der Waals surface area contributed by atoms with E-state index in [1.165, 1.54) is 11.1 Å². The van der Waals surface area contributed by atoms with Crippen LogP contribution in [0.1, 0.15) is 91.4 Å². The van der Waals surface area contributed by atoms with Gasteiger partial charge in [-0.15, -0.1) is 11.3 Å². The number of β-amino-alcohol motifs (C(OH)–C–C–N with tert-alkyl or cyclic N) is 1. The Balaban J connectivity index is 0.663. The highest BCUT2D eigenvalue weighted by molar-refractivity contribution is 7.80. The number of hydrazine groups is 1. The van der Waals surface area contributed by atoms with E-state index in [0.717, 1.165) is 97.5 Å². The van der Waals surface area contributed by atoms with Gasteiger partial charge >= 0.3 is 0 Å². The second-order valence-corrected chi connectivity index (χ2v) is 23.6. The lowest BCUT2D eigenvalue weighted by atomic mass is 9.91. The van der Waals surface area contributed by atoms with Gasteiger partial charge in [0.15, 0.2) is 17.4 Å². The molecule has 7 aromatic rings. The van der Waals surface area contributed by atoms with Gasteiger partial charge in [0.1, 0.15) is 35.3 Å². The van der Waals surface area contributed by atoms with Crippen LogP contribution >= 0.6 is 11.3 Å². The molecule has 4 fully saturated rings. The number of ketones is 1.